The van der Waals surface area contributed by atoms with Crippen molar-refractivity contribution in [1.82, 2.24) is 0 Å². The molecular weight excluding hydrogens is 360 g/mol. The van der Waals surface area contributed by atoms with Gasteiger partial charge < -0.3 is 0 Å². The van der Waals surface area contributed by atoms with Crippen LogP contribution in [-0.2, 0) is 0 Å². The van der Waals surface area contributed by atoms with Crippen LogP contribution < -0.4 is 0 Å². The van der Waals surface area contributed by atoms with Crippen LogP contribution in [-0.4, -0.2) is 0 Å². The van der Waals surface area contributed by atoms with Crippen LogP contribution in [0.5, 0.6) is 0 Å². The maximum atomic E-state index is 2.63. The van der Waals surface area contributed by atoms with Gasteiger partial charge in [-0.3, -0.25) is 0 Å². The highest BCUT2D eigenvalue weighted by molar-refractivity contribution is 5.21. The summed E-state index contributed by atoms with van der Waals surface area (Å²) in [6.07, 6.45) is 14.7. The highest BCUT2D eigenvalue weighted by Gasteiger charge is 2.59. The zero-order chi connectivity index (χ0) is 22.3. The lowest BCUT2D eigenvalue weighted by Crippen LogP contribution is -2.56. The first kappa shape index (κ1) is 24.6. The Balaban J connectivity index is 2.09. The van der Waals surface area contributed by atoms with Crippen molar-refractivity contribution in [1.29, 1.82) is 0 Å². The minimum atomic E-state index is 0.375. The van der Waals surface area contributed by atoms with Crippen molar-refractivity contribution in [2.45, 2.75) is 127 Å². The molecule has 3 rings (SSSR count). The molecule has 0 aliphatic heterocycles. The Bertz CT molecular complexity index is 537. The maximum Gasteiger partial charge on any atom is -0.0137 e. The molecule has 1 radical (unpaired) electrons. The van der Waals surface area contributed by atoms with E-state index in [0.29, 0.717) is 10.8 Å². The van der Waals surface area contributed by atoms with E-state index < -0.39 is 0 Å². The van der Waals surface area contributed by atoms with Crippen molar-refractivity contribution in [2.75, 3.05) is 0 Å². The zero-order valence-corrected chi connectivity index (χ0v) is 22.2. The van der Waals surface area contributed by atoms with Gasteiger partial charge in [0.2, 0.25) is 0 Å². The van der Waals surface area contributed by atoms with Gasteiger partial charge in [0, 0.05) is 0 Å². The smallest absolute Gasteiger partial charge is 0.0137 e. The normalized spacial score (nSPS) is 42.1. The predicted molar refractivity (Wildman–Crippen MR) is 133 cm³/mol. The maximum absolute atomic E-state index is 2.63. The second-order valence-corrected chi connectivity index (χ2v) is 13.8. The van der Waals surface area contributed by atoms with Crippen molar-refractivity contribution < 1.29 is 0 Å². The Morgan fingerprint density at radius 3 is 1.90 bits per heavy atom. The van der Waals surface area contributed by atoms with E-state index in [1.807, 2.05) is 0 Å². The average Bonchev–Trinajstić information content (AvgIpc) is 2.66. The second kappa shape index (κ2) is 9.47. The van der Waals surface area contributed by atoms with Crippen molar-refractivity contribution in [2.24, 2.45) is 58.2 Å². The van der Waals surface area contributed by atoms with E-state index in [2.05, 4.69) is 68.2 Å². The van der Waals surface area contributed by atoms with E-state index >= 15 is 0 Å². The van der Waals surface area contributed by atoms with E-state index in [4.69, 9.17) is 0 Å². The van der Waals surface area contributed by atoms with Crippen molar-refractivity contribution >= 4 is 0 Å². The molecule has 3 saturated carbocycles. The topological polar surface area (TPSA) is 0 Å². The highest BCUT2D eigenvalue weighted by atomic mass is 14.6. The van der Waals surface area contributed by atoms with Gasteiger partial charge in [-0.25, -0.2) is 0 Å². The lowest BCUT2D eigenvalue weighted by Gasteiger charge is -2.64. The van der Waals surface area contributed by atoms with Crippen LogP contribution in [0, 0.1) is 64.1 Å². The van der Waals surface area contributed by atoms with Crippen molar-refractivity contribution in [3.63, 3.8) is 0 Å². The molecule has 3 aliphatic carbocycles. The zero-order valence-electron chi connectivity index (χ0n) is 22.2. The average molecular weight is 416 g/mol. The summed E-state index contributed by atoms with van der Waals surface area (Å²) in [6, 6.07) is 0. The molecule has 30 heavy (non-hydrogen) atoms. The first-order chi connectivity index (χ1) is 14.0. The van der Waals surface area contributed by atoms with E-state index in [-0.39, 0.29) is 0 Å². The summed E-state index contributed by atoms with van der Waals surface area (Å²) in [4.78, 5) is 0. The third-order valence-electron chi connectivity index (χ3n) is 10.3. The fourth-order valence-corrected chi connectivity index (χ4v) is 8.83. The van der Waals surface area contributed by atoms with Gasteiger partial charge in [-0.05, 0) is 103 Å². The van der Waals surface area contributed by atoms with Crippen LogP contribution in [0.25, 0.3) is 0 Å². The lowest BCUT2D eigenvalue weighted by molar-refractivity contribution is -0.0848. The molecule has 0 aromatic carbocycles. The largest absolute Gasteiger partial charge is 0.0625 e. The van der Waals surface area contributed by atoms with Crippen LogP contribution in [0.4, 0.5) is 0 Å². The van der Waals surface area contributed by atoms with Gasteiger partial charge in [0.05, 0.1) is 0 Å². The monoisotopic (exact) mass is 415 g/mol. The van der Waals surface area contributed by atoms with Crippen molar-refractivity contribution in [3.8, 4) is 0 Å². The van der Waals surface area contributed by atoms with Crippen LogP contribution in [0.1, 0.15) is 127 Å². The lowest BCUT2D eigenvalue weighted by atomic mass is 9.41. The molecule has 3 fully saturated rings. The molecule has 7 unspecified atom stereocenters. The first-order valence-electron chi connectivity index (χ1n) is 13.8. The molecule has 0 heteroatoms. The molecule has 0 N–H and O–H groups in total. The molecule has 0 aromatic rings. The molecule has 0 heterocycles. The fourth-order valence-electron chi connectivity index (χ4n) is 8.83. The summed E-state index contributed by atoms with van der Waals surface area (Å²) in [6.45, 7) is 23.1. The summed E-state index contributed by atoms with van der Waals surface area (Å²) in [5, 5.41) is 0. The fraction of sp³-hybridized carbons (Fsp3) is 0.967. The van der Waals surface area contributed by atoms with Gasteiger partial charge in [0.15, 0.2) is 0 Å². The minimum Gasteiger partial charge on any atom is -0.0625 e. The van der Waals surface area contributed by atoms with Gasteiger partial charge in [-0.15, -0.1) is 0 Å². The van der Waals surface area contributed by atoms with E-state index in [1.165, 1.54) is 64.2 Å². The second-order valence-electron chi connectivity index (χ2n) is 13.8. The van der Waals surface area contributed by atoms with Crippen LogP contribution in [0.3, 0.4) is 0 Å². The van der Waals surface area contributed by atoms with Gasteiger partial charge in [-0.1, -0.05) is 88.0 Å². The number of hydrogen-bond donors (Lipinski definition) is 0. The predicted octanol–water partition coefficient (Wildman–Crippen LogP) is 9.58. The standard InChI is InChI=1S/C30H55/c1-20(2)24-15-13-22(5)18-26(24)27-12-10-11-17-30(27,29(7,8)9)28-19-23(6)14-16-25(28)21(3)4/h20-26,28H,10-19H2,1-9H3. The third-order valence-corrected chi connectivity index (χ3v) is 10.3. The Morgan fingerprint density at radius 2 is 1.33 bits per heavy atom. The summed E-state index contributed by atoms with van der Waals surface area (Å²) < 4.78 is 0. The van der Waals surface area contributed by atoms with E-state index in [9.17, 15) is 0 Å². The van der Waals surface area contributed by atoms with Crippen LogP contribution >= 0.6 is 0 Å². The summed E-state index contributed by atoms with van der Waals surface area (Å²) in [5.74, 6) is 9.22. The van der Waals surface area contributed by atoms with E-state index in [1.54, 1.807) is 0 Å². The summed E-state index contributed by atoms with van der Waals surface area (Å²) >= 11 is 0. The molecule has 7 atom stereocenters. The third kappa shape index (κ3) is 4.55. The Morgan fingerprint density at radius 1 is 0.767 bits per heavy atom. The molecule has 0 bridgehead atoms. The van der Waals surface area contributed by atoms with Crippen LogP contribution in [0.15, 0.2) is 0 Å². The molecule has 0 aromatic heterocycles. The Kier molecular flexibility index (Phi) is 7.78. The molecule has 0 spiro atoms. The van der Waals surface area contributed by atoms with E-state index in [0.717, 1.165) is 47.3 Å². The molecule has 0 nitrogen and oxygen atoms in total. The van der Waals surface area contributed by atoms with Gasteiger partial charge in [0.1, 0.15) is 0 Å². The Labute approximate surface area is 190 Å². The van der Waals surface area contributed by atoms with Crippen LogP contribution in [0.2, 0.25) is 0 Å². The SMILES string of the molecule is CC1CCC(C(C)C)C([C]2CCCCC2(C2CC(C)CCC2C(C)C)C(C)(C)C)C1. The number of hydrogen-bond acceptors (Lipinski definition) is 0. The van der Waals surface area contributed by atoms with Gasteiger partial charge >= 0.3 is 0 Å². The quantitative estimate of drug-likeness (QED) is 0.428. The summed E-state index contributed by atoms with van der Waals surface area (Å²) in [5.41, 5.74) is 0.837. The van der Waals surface area contributed by atoms with Gasteiger partial charge in [-0.2, -0.15) is 0 Å². The first-order valence-corrected chi connectivity index (χ1v) is 13.8. The molecule has 0 saturated heterocycles. The molecule has 3 aliphatic rings. The highest BCUT2D eigenvalue weighted by Crippen LogP contribution is 2.67. The Hall–Kier alpha value is 0. The number of rotatable bonds is 4. The minimum absolute atomic E-state index is 0.375. The summed E-state index contributed by atoms with van der Waals surface area (Å²) in [7, 11) is 0. The molecule has 0 amide bonds. The van der Waals surface area contributed by atoms with Crippen molar-refractivity contribution in [3.05, 3.63) is 5.92 Å². The van der Waals surface area contributed by atoms with Gasteiger partial charge in [0.25, 0.3) is 0 Å². The molecular formula is C30H55. The molecule has 175 valence electrons.